The molecule has 1 N–H and O–H groups in total. The number of amides is 1. The fraction of sp³-hybridized carbons (Fsp3) is 0.562. The summed E-state index contributed by atoms with van der Waals surface area (Å²) in [7, 11) is 0.309. The van der Waals surface area contributed by atoms with Crippen LogP contribution in [0.1, 0.15) is 56.1 Å². The molecule has 1 amide bonds. The van der Waals surface area contributed by atoms with E-state index in [-0.39, 0.29) is 52.2 Å². The summed E-state index contributed by atoms with van der Waals surface area (Å²) in [6.07, 6.45) is 0.723. The highest BCUT2D eigenvalue weighted by Crippen LogP contribution is 2.49. The molecule has 1 aliphatic carbocycles. The van der Waals surface area contributed by atoms with Crippen LogP contribution in [-0.4, -0.2) is 80.1 Å². The van der Waals surface area contributed by atoms with Crippen molar-refractivity contribution in [2.75, 3.05) is 38.3 Å². The van der Waals surface area contributed by atoms with Crippen molar-refractivity contribution in [3.8, 4) is 6.57 Å². The predicted octanol–water partition coefficient (Wildman–Crippen LogP) is 5.57. The van der Waals surface area contributed by atoms with Gasteiger partial charge in [0.15, 0.2) is 0 Å². The third kappa shape index (κ3) is 5.98. The first-order valence-corrected chi connectivity index (χ1v) is 16.7. The molecule has 12 heteroatoms. The van der Waals surface area contributed by atoms with Crippen LogP contribution in [-0.2, 0) is 26.7 Å². The van der Waals surface area contributed by atoms with E-state index in [0.717, 1.165) is 6.42 Å². The fourth-order valence-corrected chi connectivity index (χ4v) is 9.53. The third-order valence-electron chi connectivity index (χ3n) is 10.4. The maximum Gasteiger partial charge on any atom is 0.357 e. The number of benzene rings is 2. The number of fused-ring (bicyclic) bond motifs is 2. The SMILES string of the molecule is C#[N+]C(C(=O)Nc1cccc(F)c1CCC1CN(C)C2CCCS(=O)(=O)[N+]1(C)C2)C1(c2ccc(F)cc2)CCC(F)(F)CC1. The zero-order chi connectivity index (χ0) is 31.9. The summed E-state index contributed by atoms with van der Waals surface area (Å²) < 4.78 is 84.2. The second-order valence-electron chi connectivity index (χ2n) is 12.9. The van der Waals surface area contributed by atoms with Crippen molar-refractivity contribution in [1.29, 1.82) is 0 Å². The largest absolute Gasteiger partial charge is 0.357 e. The molecule has 44 heavy (non-hydrogen) atoms. The number of rotatable bonds is 7. The van der Waals surface area contributed by atoms with Crippen molar-refractivity contribution < 1.29 is 34.7 Å². The van der Waals surface area contributed by atoms with E-state index >= 15 is 4.39 Å². The minimum Gasteiger partial charge on any atom is -0.319 e. The Balaban J connectivity index is 1.41. The molecule has 2 heterocycles. The van der Waals surface area contributed by atoms with Crippen LogP contribution in [0.2, 0.25) is 0 Å². The average molecular weight is 637 g/mol. The molecule has 4 atom stereocenters. The zero-order valence-corrected chi connectivity index (χ0v) is 25.9. The lowest BCUT2D eigenvalue weighted by atomic mass is 9.64. The van der Waals surface area contributed by atoms with Crippen LogP contribution in [0.3, 0.4) is 0 Å². The number of piperazine rings is 1. The number of sulfonamides is 1. The second kappa shape index (κ2) is 12.1. The number of likely N-dealkylation sites (N-methyl/N-ethyl adjacent to an activating group) is 2. The van der Waals surface area contributed by atoms with Crippen molar-refractivity contribution in [3.05, 3.63) is 70.1 Å². The highest BCUT2D eigenvalue weighted by Gasteiger charge is 2.57. The molecule has 5 rings (SSSR count). The first-order valence-electron chi connectivity index (χ1n) is 15.1. The Morgan fingerprint density at radius 3 is 2.48 bits per heavy atom. The quantitative estimate of drug-likeness (QED) is 0.319. The Kier molecular flexibility index (Phi) is 8.88. The summed E-state index contributed by atoms with van der Waals surface area (Å²) in [6, 6.07) is 8.15. The van der Waals surface area contributed by atoms with E-state index in [1.807, 2.05) is 7.05 Å². The van der Waals surface area contributed by atoms with Gasteiger partial charge in [-0.25, -0.2) is 21.4 Å². The Hall–Kier alpha value is -3.01. The number of hydrogen-bond acceptors (Lipinski definition) is 4. The van der Waals surface area contributed by atoms with Gasteiger partial charge in [0.25, 0.3) is 16.6 Å². The van der Waals surface area contributed by atoms with Gasteiger partial charge >= 0.3 is 11.9 Å². The van der Waals surface area contributed by atoms with E-state index in [1.54, 1.807) is 13.1 Å². The lowest BCUT2D eigenvalue weighted by molar-refractivity contribution is -0.822. The van der Waals surface area contributed by atoms with E-state index in [9.17, 15) is 26.4 Å². The van der Waals surface area contributed by atoms with E-state index in [0.29, 0.717) is 31.5 Å². The van der Waals surface area contributed by atoms with E-state index < -0.39 is 57.8 Å². The van der Waals surface area contributed by atoms with E-state index in [1.165, 1.54) is 36.4 Å². The van der Waals surface area contributed by atoms with Crippen molar-refractivity contribution in [2.24, 2.45) is 0 Å². The first-order chi connectivity index (χ1) is 20.7. The standard InChI is InChI=1S/C32H39F4N4O3S/c1-37-29(31(15-17-32(35,36)18-16-31)22-9-11-23(33)12-10-22)30(41)38-28-8-4-7-27(34)26(28)14-13-25-20-39(2)24-6-5-19-44(42,43)40(25,3)21-24/h1,4,7-12,24-25,29H,5-6,13-21H2,2-3H3/q+1/p+1. The maximum atomic E-state index is 15.3. The van der Waals surface area contributed by atoms with Gasteiger partial charge in [-0.05, 0) is 69.0 Å². The Morgan fingerprint density at radius 1 is 1.14 bits per heavy atom. The van der Waals surface area contributed by atoms with Crippen LogP contribution < -0.4 is 5.32 Å². The molecule has 0 spiro atoms. The molecule has 2 saturated heterocycles. The van der Waals surface area contributed by atoms with Crippen LogP contribution in [0.15, 0.2) is 42.5 Å². The molecule has 2 aliphatic heterocycles. The summed E-state index contributed by atoms with van der Waals surface area (Å²) in [5.41, 5.74) is -0.350. The number of hydrogen-bond donors (Lipinski definition) is 1. The highest BCUT2D eigenvalue weighted by molar-refractivity contribution is 7.85. The van der Waals surface area contributed by atoms with Gasteiger partial charge in [-0.3, -0.25) is 9.69 Å². The molecule has 0 aromatic heterocycles. The van der Waals surface area contributed by atoms with Gasteiger partial charge in [-0.1, -0.05) is 23.0 Å². The van der Waals surface area contributed by atoms with Crippen LogP contribution in [0.4, 0.5) is 23.2 Å². The molecule has 2 aromatic rings. The van der Waals surface area contributed by atoms with E-state index in [2.05, 4.69) is 15.1 Å². The highest BCUT2D eigenvalue weighted by atomic mass is 32.2. The fourth-order valence-electron chi connectivity index (χ4n) is 7.55. The van der Waals surface area contributed by atoms with Crippen molar-refractivity contribution >= 4 is 21.6 Å². The summed E-state index contributed by atoms with van der Waals surface area (Å²) >= 11 is 0. The molecule has 7 nitrogen and oxygen atoms in total. The first kappa shape index (κ1) is 32.4. The molecule has 4 unspecified atom stereocenters. The summed E-state index contributed by atoms with van der Waals surface area (Å²) in [4.78, 5) is 19.9. The van der Waals surface area contributed by atoms with Crippen LogP contribution in [0.5, 0.6) is 0 Å². The van der Waals surface area contributed by atoms with Gasteiger partial charge in [0, 0.05) is 30.5 Å². The molecule has 2 aromatic carbocycles. The molecule has 3 fully saturated rings. The van der Waals surface area contributed by atoms with Crippen molar-refractivity contribution in [3.63, 3.8) is 0 Å². The minimum absolute atomic E-state index is 0.100. The Bertz CT molecular complexity index is 1540. The van der Waals surface area contributed by atoms with Gasteiger partial charge in [0.2, 0.25) is 5.92 Å². The predicted molar refractivity (Wildman–Crippen MR) is 161 cm³/mol. The number of nitrogens with one attached hydrogen (secondary N) is 1. The summed E-state index contributed by atoms with van der Waals surface area (Å²) in [5, 5.41) is 2.75. The van der Waals surface area contributed by atoms with Gasteiger partial charge < -0.3 is 5.32 Å². The lowest BCUT2D eigenvalue weighted by Gasteiger charge is -2.48. The number of carbonyl (C=O) groups excluding carboxylic acids is 1. The Morgan fingerprint density at radius 2 is 1.82 bits per heavy atom. The zero-order valence-electron chi connectivity index (χ0n) is 25.1. The molecule has 238 valence electrons. The number of quaternary nitrogens is 1. The topological polar surface area (TPSA) is 70.8 Å². The molecule has 3 aliphatic rings. The van der Waals surface area contributed by atoms with Gasteiger partial charge in [-0.2, -0.15) is 8.42 Å². The number of halogens is 4. The monoisotopic (exact) mass is 636 g/mol. The maximum absolute atomic E-state index is 15.3. The average Bonchev–Trinajstić information content (AvgIpc) is 3.07. The third-order valence-corrected chi connectivity index (χ3v) is 12.9. The number of nitrogens with zero attached hydrogens (tertiary/aromatic N) is 3. The summed E-state index contributed by atoms with van der Waals surface area (Å²) in [5.74, 6) is -4.57. The molecular formula is C32H40F4N4O3S+2. The van der Waals surface area contributed by atoms with E-state index in [4.69, 9.17) is 6.57 Å². The number of alkyl halides is 2. The Labute approximate surface area is 256 Å². The lowest BCUT2D eigenvalue weighted by Crippen LogP contribution is -2.67. The molecular weight excluding hydrogens is 596 g/mol. The van der Waals surface area contributed by atoms with Crippen molar-refractivity contribution in [1.82, 2.24) is 4.90 Å². The minimum atomic E-state index is -3.43. The molecule has 1 saturated carbocycles. The van der Waals surface area contributed by atoms with Crippen LogP contribution in [0.25, 0.3) is 4.85 Å². The van der Waals surface area contributed by atoms with Gasteiger partial charge in [0.05, 0.1) is 25.0 Å². The van der Waals surface area contributed by atoms with Gasteiger partial charge in [-0.15, -0.1) is 0 Å². The number of anilines is 1. The molecule has 0 radical (unpaired) electrons. The normalized spacial score (nSPS) is 28.3. The van der Waals surface area contributed by atoms with Crippen LogP contribution in [0, 0.1) is 18.2 Å². The number of carbonyl (C=O) groups is 1. The van der Waals surface area contributed by atoms with Gasteiger partial charge in [0.1, 0.15) is 30.0 Å². The summed E-state index contributed by atoms with van der Waals surface area (Å²) in [6.45, 7) is 6.78. The second-order valence-corrected chi connectivity index (χ2v) is 15.3. The van der Waals surface area contributed by atoms with Crippen LogP contribution >= 0.6 is 0 Å². The molecule has 2 bridgehead atoms. The smallest absolute Gasteiger partial charge is 0.319 e. The van der Waals surface area contributed by atoms with Crippen molar-refractivity contribution in [2.45, 2.75) is 80.8 Å².